The van der Waals surface area contributed by atoms with Crippen molar-refractivity contribution in [2.45, 2.75) is 0 Å². The summed E-state index contributed by atoms with van der Waals surface area (Å²) in [6.45, 7) is 4.18. The molecule has 0 amide bonds. The van der Waals surface area contributed by atoms with Crippen LogP contribution in [0.25, 0.3) is 0 Å². The second kappa shape index (κ2) is 6.02. The van der Waals surface area contributed by atoms with Gasteiger partial charge in [0.05, 0.1) is 19.2 Å². The summed E-state index contributed by atoms with van der Waals surface area (Å²) in [5.41, 5.74) is 0.249. The van der Waals surface area contributed by atoms with E-state index in [4.69, 9.17) is 4.74 Å². The smallest absolute Gasteiger partial charge is 0.180 e. The molecule has 0 heterocycles. The van der Waals surface area contributed by atoms with E-state index < -0.39 is 5.82 Å². The van der Waals surface area contributed by atoms with E-state index in [1.165, 1.54) is 25.3 Å². The largest absolute Gasteiger partial charge is 0.496 e. The van der Waals surface area contributed by atoms with Gasteiger partial charge in [-0.1, -0.05) is 6.08 Å². The van der Waals surface area contributed by atoms with Gasteiger partial charge >= 0.3 is 0 Å². The molecule has 0 radical (unpaired) electrons. The zero-order valence-corrected chi connectivity index (χ0v) is 9.13. The number of methoxy groups -OCH3 is 1. The van der Waals surface area contributed by atoms with E-state index in [2.05, 4.69) is 11.9 Å². The number of ketones is 1. The van der Waals surface area contributed by atoms with E-state index in [-0.39, 0.29) is 17.9 Å². The van der Waals surface area contributed by atoms with Gasteiger partial charge in [-0.25, -0.2) is 4.39 Å². The summed E-state index contributed by atoms with van der Waals surface area (Å²) in [4.78, 5) is 11.7. The van der Waals surface area contributed by atoms with Crippen LogP contribution in [0.15, 0.2) is 30.9 Å². The predicted molar refractivity (Wildman–Crippen MR) is 60.3 cm³/mol. The molecule has 0 saturated heterocycles. The molecule has 0 aliphatic heterocycles. The Balaban J connectivity index is 2.80. The van der Waals surface area contributed by atoms with Crippen LogP contribution >= 0.6 is 0 Å². The first kappa shape index (κ1) is 12.4. The van der Waals surface area contributed by atoms with Crippen LogP contribution in [0.5, 0.6) is 5.75 Å². The third kappa shape index (κ3) is 3.17. The van der Waals surface area contributed by atoms with Crippen LogP contribution in [0, 0.1) is 5.82 Å². The maximum absolute atomic E-state index is 13.0. The van der Waals surface area contributed by atoms with Crippen molar-refractivity contribution in [3.05, 3.63) is 42.2 Å². The van der Waals surface area contributed by atoms with Crippen molar-refractivity contribution < 1.29 is 13.9 Å². The lowest BCUT2D eigenvalue weighted by atomic mass is 10.1. The first-order valence-corrected chi connectivity index (χ1v) is 4.87. The SMILES string of the molecule is C=CCNCC(=O)c1cc(F)ccc1OC. The Bertz CT molecular complexity index is 391. The summed E-state index contributed by atoms with van der Waals surface area (Å²) in [7, 11) is 1.45. The maximum atomic E-state index is 13.0. The minimum Gasteiger partial charge on any atom is -0.496 e. The average Bonchev–Trinajstić information content (AvgIpc) is 2.29. The lowest BCUT2D eigenvalue weighted by Crippen LogP contribution is -2.23. The molecule has 0 spiro atoms. The molecule has 0 atom stereocenters. The molecule has 3 nitrogen and oxygen atoms in total. The summed E-state index contributed by atoms with van der Waals surface area (Å²) in [5, 5.41) is 2.86. The molecule has 86 valence electrons. The Hall–Kier alpha value is -1.68. The van der Waals surface area contributed by atoms with E-state index in [0.717, 1.165) is 0 Å². The highest BCUT2D eigenvalue weighted by molar-refractivity contribution is 6.00. The number of halogens is 1. The van der Waals surface area contributed by atoms with Crippen molar-refractivity contribution in [1.29, 1.82) is 0 Å². The molecule has 1 aromatic rings. The highest BCUT2D eigenvalue weighted by Crippen LogP contribution is 2.19. The number of rotatable bonds is 6. The second-order valence-electron chi connectivity index (χ2n) is 3.19. The number of Topliss-reactive ketones (excluding diaryl/α,β-unsaturated/α-hetero) is 1. The quantitative estimate of drug-likeness (QED) is 0.454. The molecular formula is C12H14FNO2. The predicted octanol–water partition coefficient (Wildman–Crippen LogP) is 1.79. The first-order valence-electron chi connectivity index (χ1n) is 4.87. The van der Waals surface area contributed by atoms with Gasteiger partial charge in [0, 0.05) is 6.54 Å². The molecule has 0 aromatic heterocycles. The van der Waals surface area contributed by atoms with Gasteiger partial charge in [-0.3, -0.25) is 4.79 Å². The normalized spacial score (nSPS) is 9.88. The van der Waals surface area contributed by atoms with Gasteiger partial charge in [-0.2, -0.15) is 0 Å². The van der Waals surface area contributed by atoms with Crippen molar-refractivity contribution in [3.8, 4) is 5.75 Å². The molecule has 0 fully saturated rings. The Morgan fingerprint density at radius 2 is 2.38 bits per heavy atom. The van der Waals surface area contributed by atoms with Gasteiger partial charge in [0.25, 0.3) is 0 Å². The lowest BCUT2D eigenvalue weighted by molar-refractivity contribution is 0.0989. The number of carbonyl (C=O) groups excluding carboxylic acids is 1. The fraction of sp³-hybridized carbons (Fsp3) is 0.250. The Morgan fingerprint density at radius 1 is 1.62 bits per heavy atom. The van der Waals surface area contributed by atoms with E-state index in [9.17, 15) is 9.18 Å². The zero-order valence-electron chi connectivity index (χ0n) is 9.13. The fourth-order valence-electron chi connectivity index (χ4n) is 1.28. The van der Waals surface area contributed by atoms with Gasteiger partial charge in [0.1, 0.15) is 11.6 Å². The minimum absolute atomic E-state index is 0.131. The van der Waals surface area contributed by atoms with Crippen LogP contribution in [-0.4, -0.2) is 26.0 Å². The highest BCUT2D eigenvalue weighted by atomic mass is 19.1. The van der Waals surface area contributed by atoms with Crippen LogP contribution < -0.4 is 10.1 Å². The number of hydrogen-bond donors (Lipinski definition) is 1. The standard InChI is InChI=1S/C12H14FNO2/c1-3-6-14-8-11(15)10-7-9(13)4-5-12(10)16-2/h3-5,7,14H,1,6,8H2,2H3. The van der Waals surface area contributed by atoms with Crippen molar-refractivity contribution >= 4 is 5.78 Å². The molecule has 0 bridgehead atoms. The van der Waals surface area contributed by atoms with E-state index in [1.54, 1.807) is 6.08 Å². The summed E-state index contributed by atoms with van der Waals surface area (Å²) < 4.78 is 18.0. The number of nitrogens with one attached hydrogen (secondary N) is 1. The average molecular weight is 223 g/mol. The summed E-state index contributed by atoms with van der Waals surface area (Å²) in [6, 6.07) is 3.87. The Morgan fingerprint density at radius 3 is 3.00 bits per heavy atom. The van der Waals surface area contributed by atoms with Crippen LogP contribution in [0.2, 0.25) is 0 Å². The van der Waals surface area contributed by atoms with E-state index in [0.29, 0.717) is 12.3 Å². The third-order valence-electron chi connectivity index (χ3n) is 2.04. The van der Waals surface area contributed by atoms with Gasteiger partial charge < -0.3 is 10.1 Å². The zero-order chi connectivity index (χ0) is 12.0. The third-order valence-corrected chi connectivity index (χ3v) is 2.04. The molecule has 0 aliphatic rings. The Labute approximate surface area is 93.9 Å². The fourth-order valence-corrected chi connectivity index (χ4v) is 1.28. The molecule has 4 heteroatoms. The minimum atomic E-state index is -0.451. The second-order valence-corrected chi connectivity index (χ2v) is 3.19. The molecule has 16 heavy (non-hydrogen) atoms. The van der Waals surface area contributed by atoms with Gasteiger partial charge in [0.2, 0.25) is 0 Å². The molecule has 0 saturated carbocycles. The number of ether oxygens (including phenoxy) is 1. The van der Waals surface area contributed by atoms with Crippen molar-refractivity contribution in [2.75, 3.05) is 20.2 Å². The van der Waals surface area contributed by atoms with Crippen LogP contribution in [0.4, 0.5) is 4.39 Å². The van der Waals surface area contributed by atoms with Crippen molar-refractivity contribution in [2.24, 2.45) is 0 Å². The summed E-state index contributed by atoms with van der Waals surface area (Å²) in [5.74, 6) is -0.280. The van der Waals surface area contributed by atoms with Crippen LogP contribution in [-0.2, 0) is 0 Å². The number of carbonyl (C=O) groups is 1. The molecule has 1 rings (SSSR count). The topological polar surface area (TPSA) is 38.3 Å². The molecule has 0 aliphatic carbocycles. The van der Waals surface area contributed by atoms with Crippen LogP contribution in [0.3, 0.4) is 0 Å². The maximum Gasteiger partial charge on any atom is 0.180 e. The van der Waals surface area contributed by atoms with Gasteiger partial charge in [-0.05, 0) is 18.2 Å². The number of benzene rings is 1. The lowest BCUT2D eigenvalue weighted by Gasteiger charge is -2.07. The van der Waals surface area contributed by atoms with Crippen molar-refractivity contribution in [3.63, 3.8) is 0 Å². The molecule has 1 N–H and O–H groups in total. The van der Waals surface area contributed by atoms with Gasteiger partial charge in [0.15, 0.2) is 5.78 Å². The summed E-state index contributed by atoms with van der Waals surface area (Å²) >= 11 is 0. The molecule has 0 unspecified atom stereocenters. The van der Waals surface area contributed by atoms with Gasteiger partial charge in [-0.15, -0.1) is 6.58 Å². The van der Waals surface area contributed by atoms with E-state index in [1.807, 2.05) is 0 Å². The monoisotopic (exact) mass is 223 g/mol. The van der Waals surface area contributed by atoms with E-state index >= 15 is 0 Å². The highest BCUT2D eigenvalue weighted by Gasteiger charge is 2.12. The van der Waals surface area contributed by atoms with Crippen LogP contribution in [0.1, 0.15) is 10.4 Å². The summed E-state index contributed by atoms with van der Waals surface area (Å²) in [6.07, 6.45) is 1.65. The molecular weight excluding hydrogens is 209 g/mol. The van der Waals surface area contributed by atoms with Crippen molar-refractivity contribution in [1.82, 2.24) is 5.32 Å². The Kier molecular flexibility index (Phi) is 4.66. The first-order chi connectivity index (χ1) is 7.69. The molecule has 1 aromatic carbocycles. The number of hydrogen-bond acceptors (Lipinski definition) is 3.